The normalized spacial score (nSPS) is 19.6. The van der Waals surface area contributed by atoms with Crippen molar-refractivity contribution in [2.45, 2.75) is 26.7 Å². The summed E-state index contributed by atoms with van der Waals surface area (Å²) in [6, 6.07) is 3.79. The Bertz CT molecular complexity index is 484. The molecule has 1 aromatic heterocycles. The van der Waals surface area contributed by atoms with Crippen LogP contribution in [0.4, 0.5) is 0 Å². The average Bonchev–Trinajstić information content (AvgIpc) is 2.56. The molecule has 17 heavy (non-hydrogen) atoms. The van der Waals surface area contributed by atoms with Gasteiger partial charge in [0.15, 0.2) is 11.6 Å². The van der Waals surface area contributed by atoms with Gasteiger partial charge in [-0.05, 0) is 23.6 Å². The quantitative estimate of drug-likeness (QED) is 0.550. The van der Waals surface area contributed by atoms with Crippen molar-refractivity contribution in [3.05, 3.63) is 29.6 Å². The minimum atomic E-state index is -0.195. The van der Waals surface area contributed by atoms with Crippen LogP contribution in [0, 0.1) is 5.41 Å². The molecule has 0 saturated heterocycles. The van der Waals surface area contributed by atoms with Crippen molar-refractivity contribution in [2.24, 2.45) is 12.5 Å². The molecule has 1 heterocycles. The second-order valence-corrected chi connectivity index (χ2v) is 5.47. The molecule has 90 valence electrons. The van der Waals surface area contributed by atoms with E-state index in [-0.39, 0.29) is 17.0 Å². The van der Waals surface area contributed by atoms with E-state index in [0.29, 0.717) is 18.4 Å². The Morgan fingerprint density at radius 1 is 1.24 bits per heavy atom. The highest BCUT2D eigenvalue weighted by atomic mass is 16.1. The van der Waals surface area contributed by atoms with Crippen LogP contribution in [-0.2, 0) is 16.6 Å². The van der Waals surface area contributed by atoms with Gasteiger partial charge in [0.05, 0.1) is 5.57 Å². The van der Waals surface area contributed by atoms with Gasteiger partial charge in [0.1, 0.15) is 0 Å². The number of aryl methyl sites for hydroxylation is 1. The zero-order valence-corrected chi connectivity index (χ0v) is 10.5. The van der Waals surface area contributed by atoms with Gasteiger partial charge in [0.25, 0.3) is 0 Å². The van der Waals surface area contributed by atoms with Gasteiger partial charge in [-0.15, -0.1) is 0 Å². The highest BCUT2D eigenvalue weighted by Gasteiger charge is 2.35. The molecule has 1 fully saturated rings. The van der Waals surface area contributed by atoms with Crippen molar-refractivity contribution in [3.63, 3.8) is 0 Å². The molecule has 0 amide bonds. The third-order valence-electron chi connectivity index (χ3n) is 3.16. The molecule has 0 bridgehead atoms. The Kier molecular flexibility index (Phi) is 2.77. The highest BCUT2D eigenvalue weighted by molar-refractivity contribution is 6.25. The van der Waals surface area contributed by atoms with Gasteiger partial charge in [0, 0.05) is 31.8 Å². The maximum absolute atomic E-state index is 12.0. The number of rotatable bonds is 1. The summed E-state index contributed by atoms with van der Waals surface area (Å²) < 4.78 is 1.90. The number of carbonyl (C=O) groups is 2. The Labute approximate surface area is 101 Å². The first-order valence-corrected chi connectivity index (χ1v) is 5.78. The van der Waals surface area contributed by atoms with Crippen molar-refractivity contribution in [3.8, 4) is 0 Å². The van der Waals surface area contributed by atoms with E-state index in [2.05, 4.69) is 0 Å². The van der Waals surface area contributed by atoms with E-state index < -0.39 is 0 Å². The molecule has 3 heteroatoms. The minimum absolute atomic E-state index is 0.0348. The van der Waals surface area contributed by atoms with Crippen molar-refractivity contribution in [1.82, 2.24) is 4.57 Å². The maximum atomic E-state index is 12.0. The smallest absolute Gasteiger partial charge is 0.167 e. The van der Waals surface area contributed by atoms with Gasteiger partial charge in [-0.25, -0.2) is 0 Å². The van der Waals surface area contributed by atoms with Crippen LogP contribution in [0.25, 0.3) is 6.08 Å². The highest BCUT2D eigenvalue weighted by Crippen LogP contribution is 2.34. The molecular formula is C14H17NO2. The van der Waals surface area contributed by atoms with Crippen molar-refractivity contribution < 1.29 is 9.59 Å². The summed E-state index contributed by atoms with van der Waals surface area (Å²) in [7, 11) is 1.90. The van der Waals surface area contributed by atoms with Crippen LogP contribution in [0.2, 0.25) is 0 Å². The number of carbonyl (C=O) groups excluding carboxylic acids is 2. The second-order valence-electron chi connectivity index (χ2n) is 5.47. The Morgan fingerprint density at radius 2 is 1.82 bits per heavy atom. The van der Waals surface area contributed by atoms with E-state index in [9.17, 15) is 9.59 Å². The van der Waals surface area contributed by atoms with Gasteiger partial charge in [-0.3, -0.25) is 9.59 Å². The number of ketones is 2. The van der Waals surface area contributed by atoms with Gasteiger partial charge in [0.2, 0.25) is 0 Å². The third kappa shape index (κ3) is 2.38. The van der Waals surface area contributed by atoms with E-state index in [1.54, 1.807) is 6.08 Å². The number of hydrogen-bond acceptors (Lipinski definition) is 2. The minimum Gasteiger partial charge on any atom is -0.351 e. The summed E-state index contributed by atoms with van der Waals surface area (Å²) in [6.45, 7) is 3.92. The summed E-state index contributed by atoms with van der Waals surface area (Å²) in [6.07, 6.45) is 4.51. The molecule has 0 aliphatic heterocycles. The standard InChI is InChI=1S/C14H17NO2/c1-14(2)8-12(16)11(13(17)9-14)7-10-5-4-6-15(10)3/h4-7H,8-9H2,1-3H3. The predicted molar refractivity (Wildman–Crippen MR) is 66.4 cm³/mol. The van der Waals surface area contributed by atoms with Crippen molar-refractivity contribution >= 4 is 17.6 Å². The maximum Gasteiger partial charge on any atom is 0.167 e. The van der Waals surface area contributed by atoms with Gasteiger partial charge in [-0.1, -0.05) is 13.8 Å². The number of aromatic nitrogens is 1. The van der Waals surface area contributed by atoms with Crippen LogP contribution in [0.3, 0.4) is 0 Å². The van der Waals surface area contributed by atoms with Crippen LogP contribution in [0.15, 0.2) is 23.9 Å². The van der Waals surface area contributed by atoms with Gasteiger partial charge in [-0.2, -0.15) is 0 Å². The zero-order valence-electron chi connectivity index (χ0n) is 10.5. The summed E-state index contributed by atoms with van der Waals surface area (Å²) in [5, 5.41) is 0. The molecule has 0 unspecified atom stereocenters. The summed E-state index contributed by atoms with van der Waals surface area (Å²) >= 11 is 0. The lowest BCUT2D eigenvalue weighted by atomic mass is 9.74. The molecule has 1 aliphatic rings. The monoisotopic (exact) mass is 231 g/mol. The molecule has 3 nitrogen and oxygen atoms in total. The topological polar surface area (TPSA) is 39.1 Å². The average molecular weight is 231 g/mol. The number of hydrogen-bond donors (Lipinski definition) is 0. The molecule has 0 N–H and O–H groups in total. The molecule has 2 rings (SSSR count). The second kappa shape index (κ2) is 3.99. The molecular weight excluding hydrogens is 214 g/mol. The van der Waals surface area contributed by atoms with Gasteiger partial charge < -0.3 is 4.57 Å². The number of allylic oxidation sites excluding steroid dienone is 1. The number of nitrogens with zero attached hydrogens (tertiary/aromatic N) is 1. The molecule has 1 aromatic rings. The molecule has 0 spiro atoms. The lowest BCUT2D eigenvalue weighted by molar-refractivity contribution is -0.127. The first kappa shape index (κ1) is 11.8. The Balaban J connectivity index is 2.34. The number of Topliss-reactive ketones (excluding diaryl/α,β-unsaturated/α-hetero) is 2. The first-order valence-electron chi connectivity index (χ1n) is 5.78. The molecule has 0 radical (unpaired) electrons. The fraction of sp³-hybridized carbons (Fsp3) is 0.429. The van der Waals surface area contributed by atoms with E-state index in [0.717, 1.165) is 5.69 Å². The molecule has 0 atom stereocenters. The van der Waals surface area contributed by atoms with Crippen LogP contribution >= 0.6 is 0 Å². The first-order chi connectivity index (χ1) is 7.89. The van der Waals surface area contributed by atoms with E-state index >= 15 is 0 Å². The fourth-order valence-electron chi connectivity index (χ4n) is 2.21. The SMILES string of the molecule is Cn1cccc1C=C1C(=O)CC(C)(C)CC1=O. The van der Waals surface area contributed by atoms with Crippen LogP contribution < -0.4 is 0 Å². The van der Waals surface area contributed by atoms with Gasteiger partial charge >= 0.3 is 0 Å². The zero-order chi connectivity index (χ0) is 12.6. The van der Waals surface area contributed by atoms with E-state index in [1.165, 1.54) is 0 Å². The van der Waals surface area contributed by atoms with Crippen molar-refractivity contribution in [2.75, 3.05) is 0 Å². The Hall–Kier alpha value is -1.64. The van der Waals surface area contributed by atoms with Crippen LogP contribution in [-0.4, -0.2) is 16.1 Å². The third-order valence-corrected chi connectivity index (χ3v) is 3.16. The lowest BCUT2D eigenvalue weighted by Crippen LogP contribution is -2.31. The predicted octanol–water partition coefficient (Wildman–Crippen LogP) is 2.37. The van der Waals surface area contributed by atoms with Crippen LogP contribution in [0.5, 0.6) is 0 Å². The summed E-state index contributed by atoms with van der Waals surface area (Å²) in [5.41, 5.74) is 1.05. The van der Waals surface area contributed by atoms with Crippen LogP contribution in [0.1, 0.15) is 32.4 Å². The fourth-order valence-corrected chi connectivity index (χ4v) is 2.21. The van der Waals surface area contributed by atoms with E-state index in [4.69, 9.17) is 0 Å². The van der Waals surface area contributed by atoms with E-state index in [1.807, 2.05) is 43.8 Å². The molecule has 1 saturated carbocycles. The lowest BCUT2D eigenvalue weighted by Gasteiger charge is -2.28. The largest absolute Gasteiger partial charge is 0.351 e. The molecule has 1 aliphatic carbocycles. The molecule has 0 aromatic carbocycles. The summed E-state index contributed by atoms with van der Waals surface area (Å²) in [5.74, 6) is -0.0695. The summed E-state index contributed by atoms with van der Waals surface area (Å²) in [4.78, 5) is 23.9. The van der Waals surface area contributed by atoms with Crippen molar-refractivity contribution in [1.29, 1.82) is 0 Å². The Morgan fingerprint density at radius 3 is 2.29 bits per heavy atom.